The second-order valence-corrected chi connectivity index (χ2v) is 6.22. The van der Waals surface area contributed by atoms with Crippen molar-refractivity contribution in [2.45, 2.75) is 46.2 Å². The molecule has 0 unspecified atom stereocenters. The number of hydrogen-bond acceptors (Lipinski definition) is 3. The zero-order valence-corrected chi connectivity index (χ0v) is 14.0. The van der Waals surface area contributed by atoms with Gasteiger partial charge in [-0.05, 0) is 30.9 Å². The van der Waals surface area contributed by atoms with E-state index >= 15 is 0 Å². The van der Waals surface area contributed by atoms with Gasteiger partial charge >= 0.3 is 0 Å². The quantitative estimate of drug-likeness (QED) is 0.924. The summed E-state index contributed by atoms with van der Waals surface area (Å²) in [4.78, 5) is 13.5. The molecule has 1 saturated heterocycles. The third-order valence-electron chi connectivity index (χ3n) is 5.01. The van der Waals surface area contributed by atoms with Crippen molar-refractivity contribution in [3.63, 3.8) is 0 Å². The molecule has 5 nitrogen and oxygen atoms in total. The van der Waals surface area contributed by atoms with Crippen LogP contribution in [-0.4, -0.2) is 34.5 Å². The highest BCUT2D eigenvalue weighted by atomic mass is 16.2. The summed E-state index contributed by atoms with van der Waals surface area (Å²) in [6.07, 6.45) is 2.06. The van der Waals surface area contributed by atoms with Crippen molar-refractivity contribution in [3.05, 3.63) is 23.0 Å². The van der Waals surface area contributed by atoms with Gasteiger partial charge in [-0.25, -0.2) is 0 Å². The molecule has 1 aromatic rings. The number of aromatic nitrogens is 1. The predicted octanol–water partition coefficient (Wildman–Crippen LogP) is 1.94. The van der Waals surface area contributed by atoms with E-state index in [1.54, 1.807) is 6.92 Å². The Bertz CT molecular complexity index is 584. The van der Waals surface area contributed by atoms with Crippen LogP contribution < -0.4 is 5.32 Å². The number of likely N-dealkylation sites (tertiary alicyclic amines) is 1. The number of amides is 1. The summed E-state index contributed by atoms with van der Waals surface area (Å²) in [5, 5.41) is 12.7. The average molecular weight is 302 g/mol. The van der Waals surface area contributed by atoms with Gasteiger partial charge in [0, 0.05) is 45.3 Å². The number of carbonyl (C=O) groups excluding carboxylic acids is 1. The van der Waals surface area contributed by atoms with Crippen LogP contribution in [0.3, 0.4) is 0 Å². The van der Waals surface area contributed by atoms with Crippen molar-refractivity contribution in [2.75, 3.05) is 13.1 Å². The fraction of sp³-hybridized carbons (Fsp3) is 0.647. The molecule has 22 heavy (non-hydrogen) atoms. The Labute approximate surface area is 132 Å². The lowest BCUT2D eigenvalue weighted by molar-refractivity contribution is -0.131. The largest absolute Gasteiger partial charge is 0.343 e. The van der Waals surface area contributed by atoms with Gasteiger partial charge in [-0.1, -0.05) is 13.3 Å². The molecule has 0 aromatic carbocycles. The van der Waals surface area contributed by atoms with Gasteiger partial charge in [0.15, 0.2) is 0 Å². The van der Waals surface area contributed by atoms with Crippen LogP contribution in [-0.2, 0) is 18.4 Å². The first-order valence-corrected chi connectivity index (χ1v) is 8.02. The van der Waals surface area contributed by atoms with E-state index in [4.69, 9.17) is 5.26 Å². The fourth-order valence-electron chi connectivity index (χ4n) is 3.29. The summed E-state index contributed by atoms with van der Waals surface area (Å²) in [5.74, 6) is 0.673. The van der Waals surface area contributed by atoms with Crippen LogP contribution in [0.25, 0.3) is 0 Å². The molecule has 0 spiro atoms. The third kappa shape index (κ3) is 3.33. The van der Waals surface area contributed by atoms with Crippen molar-refractivity contribution >= 4 is 5.91 Å². The summed E-state index contributed by atoms with van der Waals surface area (Å²) >= 11 is 0. The summed E-state index contributed by atoms with van der Waals surface area (Å²) in [7, 11) is 1.93. The number of piperidine rings is 1. The van der Waals surface area contributed by atoms with E-state index in [0.717, 1.165) is 38.2 Å². The smallest absolute Gasteiger partial charge is 0.219 e. The molecule has 5 heteroatoms. The van der Waals surface area contributed by atoms with Crippen LogP contribution in [0.1, 0.15) is 43.6 Å². The molecule has 0 aliphatic carbocycles. The van der Waals surface area contributed by atoms with Crippen molar-refractivity contribution < 1.29 is 4.79 Å². The standard InChI is InChI=1S/C17H26N4O/c1-5-14-11-21(13(3)22)7-6-17(14)19-10-15-8-16(9-18)20(4)12(15)2/h8,14,17,19H,5-7,10-11H2,1-4H3/t14-,17-/m0/s1. The highest BCUT2D eigenvalue weighted by Crippen LogP contribution is 2.21. The van der Waals surface area contributed by atoms with E-state index < -0.39 is 0 Å². The van der Waals surface area contributed by atoms with E-state index in [2.05, 4.69) is 18.3 Å². The highest BCUT2D eigenvalue weighted by molar-refractivity contribution is 5.73. The van der Waals surface area contributed by atoms with Gasteiger partial charge in [-0.15, -0.1) is 0 Å². The maximum absolute atomic E-state index is 11.5. The maximum Gasteiger partial charge on any atom is 0.219 e. The number of nitrogens with one attached hydrogen (secondary N) is 1. The fourth-order valence-corrected chi connectivity index (χ4v) is 3.29. The Morgan fingerprint density at radius 2 is 2.27 bits per heavy atom. The molecular weight excluding hydrogens is 276 g/mol. The van der Waals surface area contributed by atoms with Crippen LogP contribution in [0.2, 0.25) is 0 Å². The summed E-state index contributed by atoms with van der Waals surface area (Å²) in [5.41, 5.74) is 3.02. The number of rotatable bonds is 4. The van der Waals surface area contributed by atoms with Gasteiger partial charge in [0.2, 0.25) is 5.91 Å². The Morgan fingerprint density at radius 3 is 2.82 bits per heavy atom. The van der Waals surface area contributed by atoms with Gasteiger partial charge in [-0.3, -0.25) is 4.79 Å². The van der Waals surface area contributed by atoms with Crippen molar-refractivity contribution in [1.29, 1.82) is 5.26 Å². The van der Waals surface area contributed by atoms with Gasteiger partial charge in [0.1, 0.15) is 11.8 Å². The van der Waals surface area contributed by atoms with Crippen LogP contribution in [0.15, 0.2) is 6.07 Å². The average Bonchev–Trinajstić information content (AvgIpc) is 2.80. The van der Waals surface area contributed by atoms with Gasteiger partial charge in [0.05, 0.1) is 0 Å². The molecule has 0 radical (unpaired) electrons. The molecule has 2 rings (SSSR count). The Balaban J connectivity index is 1.99. The molecule has 0 bridgehead atoms. The summed E-state index contributed by atoms with van der Waals surface area (Å²) in [6.45, 7) is 8.35. The van der Waals surface area contributed by atoms with E-state index in [1.807, 2.05) is 29.5 Å². The molecule has 2 atom stereocenters. The minimum atomic E-state index is 0.175. The van der Waals surface area contributed by atoms with Crippen molar-refractivity contribution in [3.8, 4) is 6.07 Å². The van der Waals surface area contributed by atoms with Crippen molar-refractivity contribution in [1.82, 2.24) is 14.8 Å². The second-order valence-electron chi connectivity index (χ2n) is 6.22. The van der Waals surface area contributed by atoms with Gasteiger partial charge < -0.3 is 14.8 Å². The van der Waals surface area contributed by atoms with Crippen LogP contribution in [0.4, 0.5) is 0 Å². The molecule has 1 N–H and O–H groups in total. The van der Waals surface area contributed by atoms with E-state index in [-0.39, 0.29) is 5.91 Å². The van der Waals surface area contributed by atoms with E-state index in [9.17, 15) is 4.79 Å². The molecule has 1 aliphatic heterocycles. The predicted molar refractivity (Wildman–Crippen MR) is 86.1 cm³/mol. The zero-order valence-electron chi connectivity index (χ0n) is 14.0. The number of nitrogens with zero attached hydrogens (tertiary/aromatic N) is 3. The first-order valence-electron chi connectivity index (χ1n) is 8.02. The molecule has 0 saturated carbocycles. The summed E-state index contributed by atoms with van der Waals surface area (Å²) < 4.78 is 1.94. The second kappa shape index (κ2) is 6.97. The van der Waals surface area contributed by atoms with Crippen LogP contribution in [0.5, 0.6) is 0 Å². The number of carbonyl (C=O) groups is 1. The monoisotopic (exact) mass is 302 g/mol. The molecular formula is C17H26N4O. The Kier molecular flexibility index (Phi) is 5.25. The lowest BCUT2D eigenvalue weighted by Gasteiger charge is -2.38. The van der Waals surface area contributed by atoms with E-state index in [0.29, 0.717) is 17.7 Å². The highest BCUT2D eigenvalue weighted by Gasteiger charge is 2.28. The minimum Gasteiger partial charge on any atom is -0.343 e. The normalized spacial score (nSPS) is 21.7. The maximum atomic E-state index is 11.5. The Hall–Kier alpha value is -1.80. The molecule has 1 fully saturated rings. The van der Waals surface area contributed by atoms with Gasteiger partial charge in [-0.2, -0.15) is 5.26 Å². The lowest BCUT2D eigenvalue weighted by atomic mass is 9.89. The molecule has 2 heterocycles. The van der Waals surface area contributed by atoms with Crippen LogP contribution >= 0.6 is 0 Å². The Morgan fingerprint density at radius 1 is 1.55 bits per heavy atom. The topological polar surface area (TPSA) is 61.1 Å². The first kappa shape index (κ1) is 16.6. The number of nitriles is 1. The molecule has 120 valence electrons. The number of hydrogen-bond donors (Lipinski definition) is 1. The first-order chi connectivity index (χ1) is 10.5. The van der Waals surface area contributed by atoms with E-state index in [1.165, 1.54) is 5.56 Å². The van der Waals surface area contributed by atoms with Crippen molar-refractivity contribution in [2.24, 2.45) is 13.0 Å². The molecule has 1 amide bonds. The summed E-state index contributed by atoms with van der Waals surface area (Å²) in [6, 6.07) is 4.63. The van der Waals surface area contributed by atoms with Gasteiger partial charge in [0.25, 0.3) is 0 Å². The molecule has 1 aliphatic rings. The minimum absolute atomic E-state index is 0.175. The lowest BCUT2D eigenvalue weighted by Crippen LogP contribution is -2.50. The third-order valence-corrected chi connectivity index (χ3v) is 5.01. The SMILES string of the molecule is CC[C@H]1CN(C(C)=O)CC[C@@H]1NCc1cc(C#N)n(C)c1C. The zero-order chi connectivity index (χ0) is 16.3. The van der Waals surface area contributed by atoms with Crippen LogP contribution in [0, 0.1) is 24.2 Å². The molecule has 1 aromatic heterocycles.